The van der Waals surface area contributed by atoms with Crippen molar-refractivity contribution in [2.24, 2.45) is 5.92 Å². The van der Waals surface area contributed by atoms with Gasteiger partial charge in [-0.2, -0.15) is 0 Å². The van der Waals surface area contributed by atoms with Crippen LogP contribution in [0.5, 0.6) is 0 Å². The first-order valence-corrected chi connectivity index (χ1v) is 7.17. The van der Waals surface area contributed by atoms with Crippen molar-refractivity contribution in [1.82, 2.24) is 10.6 Å². The molecule has 1 amide bonds. The summed E-state index contributed by atoms with van der Waals surface area (Å²) in [5.74, 6) is -0.216. The van der Waals surface area contributed by atoms with Gasteiger partial charge in [0.2, 0.25) is 5.91 Å². The quantitative estimate of drug-likeness (QED) is 0.787. The number of nitrogens with one attached hydrogen (secondary N) is 2. The smallest absolute Gasteiger partial charge is 0.222 e. The van der Waals surface area contributed by atoms with Crippen molar-refractivity contribution < 1.29 is 9.18 Å². The maximum atomic E-state index is 13.7. The molecule has 5 heteroatoms. The number of hydrogen-bond donors (Lipinski definition) is 2. The molecule has 0 heterocycles. The first-order chi connectivity index (χ1) is 8.91. The lowest BCUT2D eigenvalue weighted by molar-refractivity contribution is -0.123. The molecular weight excluding hydrogens is 311 g/mol. The van der Waals surface area contributed by atoms with Gasteiger partial charge in [-0.1, -0.05) is 35.8 Å². The Morgan fingerprint density at radius 1 is 1.32 bits per heavy atom. The molecular formula is C14H20BrFN2O. The van der Waals surface area contributed by atoms with Gasteiger partial charge in [-0.15, -0.1) is 0 Å². The van der Waals surface area contributed by atoms with Crippen LogP contribution in [0.3, 0.4) is 0 Å². The fourth-order valence-corrected chi connectivity index (χ4v) is 1.97. The van der Waals surface area contributed by atoms with Crippen LogP contribution in [0.1, 0.15) is 32.4 Å². The van der Waals surface area contributed by atoms with Crippen molar-refractivity contribution in [2.75, 3.05) is 13.1 Å². The third-order valence-corrected chi connectivity index (χ3v) is 3.32. The summed E-state index contributed by atoms with van der Waals surface area (Å²) in [4.78, 5) is 11.3. The number of carbonyl (C=O) groups is 1. The Hall–Kier alpha value is -0.940. The first-order valence-electron chi connectivity index (χ1n) is 6.38. The minimum atomic E-state index is -0.236. The van der Waals surface area contributed by atoms with Crippen LogP contribution in [0.25, 0.3) is 0 Å². The third kappa shape index (κ3) is 5.28. The number of halogens is 2. The minimum Gasteiger partial charge on any atom is -0.355 e. The summed E-state index contributed by atoms with van der Waals surface area (Å²) in [6.07, 6.45) is 0. The Kier molecular flexibility index (Phi) is 6.45. The van der Waals surface area contributed by atoms with E-state index in [2.05, 4.69) is 26.6 Å². The Bertz CT molecular complexity index is 437. The predicted octanol–water partition coefficient (Wildman–Crippen LogP) is 3.01. The van der Waals surface area contributed by atoms with Crippen LogP contribution in [0.4, 0.5) is 4.39 Å². The van der Waals surface area contributed by atoms with Gasteiger partial charge < -0.3 is 10.6 Å². The third-order valence-electron chi connectivity index (χ3n) is 2.83. The number of hydrogen-bond acceptors (Lipinski definition) is 2. The summed E-state index contributed by atoms with van der Waals surface area (Å²) in [6.45, 7) is 6.75. The van der Waals surface area contributed by atoms with Gasteiger partial charge in [0, 0.05) is 35.1 Å². The van der Waals surface area contributed by atoms with Crippen molar-refractivity contribution in [3.8, 4) is 0 Å². The van der Waals surface area contributed by atoms with Crippen LogP contribution in [0.15, 0.2) is 22.7 Å². The zero-order valence-corrected chi connectivity index (χ0v) is 13.1. The van der Waals surface area contributed by atoms with Gasteiger partial charge >= 0.3 is 0 Å². The molecule has 0 saturated heterocycles. The highest BCUT2D eigenvalue weighted by molar-refractivity contribution is 9.10. The summed E-state index contributed by atoms with van der Waals surface area (Å²) >= 11 is 3.23. The molecule has 2 N–H and O–H groups in total. The molecule has 0 fully saturated rings. The molecule has 106 valence electrons. The van der Waals surface area contributed by atoms with E-state index >= 15 is 0 Å². The van der Waals surface area contributed by atoms with E-state index in [9.17, 15) is 9.18 Å². The molecule has 1 aromatic carbocycles. The van der Waals surface area contributed by atoms with Gasteiger partial charge in [0.05, 0.1) is 0 Å². The van der Waals surface area contributed by atoms with Gasteiger partial charge in [-0.3, -0.25) is 4.79 Å². The van der Waals surface area contributed by atoms with Crippen molar-refractivity contribution in [1.29, 1.82) is 0 Å². The summed E-state index contributed by atoms with van der Waals surface area (Å²) < 4.78 is 14.4. The summed E-state index contributed by atoms with van der Waals surface area (Å²) in [5.41, 5.74) is 0.624. The van der Waals surface area contributed by atoms with Crippen molar-refractivity contribution >= 4 is 21.8 Å². The fourth-order valence-electron chi connectivity index (χ4n) is 1.64. The molecule has 0 spiro atoms. The van der Waals surface area contributed by atoms with Crippen LogP contribution < -0.4 is 10.6 Å². The number of rotatable bonds is 6. The van der Waals surface area contributed by atoms with E-state index in [0.717, 1.165) is 4.47 Å². The van der Waals surface area contributed by atoms with E-state index in [1.165, 1.54) is 6.07 Å². The SMILES string of the molecule is CC(C)C(=O)NCCNC(C)c1ccc(Br)cc1F. The van der Waals surface area contributed by atoms with Crippen LogP contribution in [0.2, 0.25) is 0 Å². The minimum absolute atomic E-state index is 0.0126. The van der Waals surface area contributed by atoms with Crippen molar-refractivity contribution in [3.05, 3.63) is 34.1 Å². The molecule has 1 aromatic rings. The lowest BCUT2D eigenvalue weighted by Gasteiger charge is -2.16. The Morgan fingerprint density at radius 2 is 2.00 bits per heavy atom. The standard InChI is InChI=1S/C14H20BrFN2O/c1-9(2)14(19)18-7-6-17-10(3)12-5-4-11(15)8-13(12)16/h4-5,8-10,17H,6-7H2,1-3H3,(H,18,19). The molecule has 0 aliphatic carbocycles. The highest BCUT2D eigenvalue weighted by Gasteiger charge is 2.11. The number of benzene rings is 1. The van der Waals surface area contributed by atoms with Gasteiger partial charge in [0.25, 0.3) is 0 Å². The van der Waals surface area contributed by atoms with Crippen LogP contribution in [-0.4, -0.2) is 19.0 Å². The number of amides is 1. The molecule has 1 atom stereocenters. The van der Waals surface area contributed by atoms with E-state index in [1.54, 1.807) is 6.07 Å². The Morgan fingerprint density at radius 3 is 2.58 bits per heavy atom. The summed E-state index contributed by atoms with van der Waals surface area (Å²) in [5, 5.41) is 5.99. The molecule has 0 saturated carbocycles. The van der Waals surface area contributed by atoms with Gasteiger partial charge in [-0.25, -0.2) is 4.39 Å². The van der Waals surface area contributed by atoms with Crippen LogP contribution in [0, 0.1) is 11.7 Å². The van der Waals surface area contributed by atoms with E-state index in [0.29, 0.717) is 18.7 Å². The summed E-state index contributed by atoms with van der Waals surface area (Å²) in [7, 11) is 0. The average Bonchev–Trinajstić information content (AvgIpc) is 2.33. The van der Waals surface area contributed by atoms with Gasteiger partial charge in [0.1, 0.15) is 5.82 Å². The second kappa shape index (κ2) is 7.60. The molecule has 1 unspecified atom stereocenters. The Balaban J connectivity index is 2.39. The molecule has 3 nitrogen and oxygen atoms in total. The average molecular weight is 331 g/mol. The second-order valence-electron chi connectivity index (χ2n) is 4.79. The molecule has 0 aromatic heterocycles. The highest BCUT2D eigenvalue weighted by Crippen LogP contribution is 2.20. The molecule has 1 rings (SSSR count). The van der Waals surface area contributed by atoms with Crippen molar-refractivity contribution in [3.63, 3.8) is 0 Å². The predicted molar refractivity (Wildman–Crippen MR) is 78.4 cm³/mol. The van der Waals surface area contributed by atoms with E-state index < -0.39 is 0 Å². The molecule has 0 radical (unpaired) electrons. The maximum absolute atomic E-state index is 13.7. The van der Waals surface area contributed by atoms with E-state index in [4.69, 9.17) is 0 Å². The molecule has 0 bridgehead atoms. The number of carbonyl (C=O) groups excluding carboxylic acids is 1. The second-order valence-corrected chi connectivity index (χ2v) is 5.70. The molecule has 0 aliphatic heterocycles. The summed E-state index contributed by atoms with van der Waals surface area (Å²) in [6, 6.07) is 4.93. The molecule has 0 aliphatic rings. The Labute approximate surface area is 122 Å². The topological polar surface area (TPSA) is 41.1 Å². The van der Waals surface area contributed by atoms with Crippen LogP contribution >= 0.6 is 15.9 Å². The monoisotopic (exact) mass is 330 g/mol. The maximum Gasteiger partial charge on any atom is 0.222 e. The lowest BCUT2D eigenvalue weighted by Crippen LogP contribution is -2.35. The van der Waals surface area contributed by atoms with E-state index in [-0.39, 0.29) is 23.7 Å². The normalized spacial score (nSPS) is 12.5. The van der Waals surface area contributed by atoms with Gasteiger partial charge in [0.15, 0.2) is 0 Å². The molecule has 19 heavy (non-hydrogen) atoms. The van der Waals surface area contributed by atoms with E-state index in [1.807, 2.05) is 26.8 Å². The van der Waals surface area contributed by atoms with Crippen LogP contribution in [-0.2, 0) is 4.79 Å². The van der Waals surface area contributed by atoms with Crippen molar-refractivity contribution in [2.45, 2.75) is 26.8 Å². The fraction of sp³-hybridized carbons (Fsp3) is 0.500. The first kappa shape index (κ1) is 16.1. The largest absolute Gasteiger partial charge is 0.355 e. The lowest BCUT2D eigenvalue weighted by atomic mass is 10.1. The zero-order chi connectivity index (χ0) is 14.4. The van der Waals surface area contributed by atoms with Gasteiger partial charge in [-0.05, 0) is 19.1 Å². The zero-order valence-electron chi connectivity index (χ0n) is 11.5. The highest BCUT2D eigenvalue weighted by atomic mass is 79.9.